The van der Waals surface area contributed by atoms with Gasteiger partial charge in [0.15, 0.2) is 0 Å². The van der Waals surface area contributed by atoms with Crippen LogP contribution in [0.25, 0.3) is 0 Å². The van der Waals surface area contributed by atoms with Crippen molar-refractivity contribution in [2.24, 2.45) is 7.05 Å². The SMILES string of the molecule is CCn1nc(CNc2ccn(C)n2)cc1C(F)(F)F. The molecule has 2 aromatic rings. The van der Waals surface area contributed by atoms with Crippen molar-refractivity contribution >= 4 is 5.82 Å². The molecule has 0 atom stereocenters. The van der Waals surface area contributed by atoms with E-state index >= 15 is 0 Å². The average Bonchev–Trinajstić information content (AvgIpc) is 2.91. The van der Waals surface area contributed by atoms with Crippen LogP contribution in [-0.4, -0.2) is 19.6 Å². The van der Waals surface area contributed by atoms with Gasteiger partial charge in [-0.25, -0.2) is 0 Å². The molecule has 0 aliphatic carbocycles. The molecule has 0 spiro atoms. The van der Waals surface area contributed by atoms with E-state index in [2.05, 4.69) is 15.5 Å². The van der Waals surface area contributed by atoms with Crippen LogP contribution in [0.2, 0.25) is 0 Å². The molecule has 0 saturated heterocycles. The second-order valence-electron chi connectivity index (χ2n) is 4.06. The molecule has 8 heteroatoms. The summed E-state index contributed by atoms with van der Waals surface area (Å²) in [7, 11) is 1.76. The third-order valence-corrected chi connectivity index (χ3v) is 2.58. The smallest absolute Gasteiger partial charge is 0.363 e. The van der Waals surface area contributed by atoms with Crippen LogP contribution in [0.4, 0.5) is 19.0 Å². The van der Waals surface area contributed by atoms with Gasteiger partial charge in [-0.1, -0.05) is 0 Å². The molecule has 0 radical (unpaired) electrons. The number of rotatable bonds is 4. The highest BCUT2D eigenvalue weighted by Crippen LogP contribution is 2.29. The Morgan fingerprint density at radius 1 is 1.32 bits per heavy atom. The highest BCUT2D eigenvalue weighted by Gasteiger charge is 2.35. The average molecular weight is 273 g/mol. The molecular weight excluding hydrogens is 259 g/mol. The molecule has 0 saturated carbocycles. The Morgan fingerprint density at radius 3 is 2.53 bits per heavy atom. The Hall–Kier alpha value is -1.99. The number of hydrogen-bond acceptors (Lipinski definition) is 3. The van der Waals surface area contributed by atoms with Crippen molar-refractivity contribution in [3.05, 3.63) is 29.7 Å². The van der Waals surface area contributed by atoms with Crippen molar-refractivity contribution in [2.45, 2.75) is 26.2 Å². The van der Waals surface area contributed by atoms with E-state index < -0.39 is 11.9 Å². The van der Waals surface area contributed by atoms with Crippen LogP contribution in [0.15, 0.2) is 18.3 Å². The Balaban J connectivity index is 2.11. The van der Waals surface area contributed by atoms with Gasteiger partial charge in [-0.2, -0.15) is 23.4 Å². The summed E-state index contributed by atoms with van der Waals surface area (Å²) < 4.78 is 40.7. The minimum absolute atomic E-state index is 0.179. The van der Waals surface area contributed by atoms with Gasteiger partial charge < -0.3 is 5.32 Å². The van der Waals surface area contributed by atoms with E-state index in [1.54, 1.807) is 30.9 Å². The van der Waals surface area contributed by atoms with Gasteiger partial charge in [0, 0.05) is 25.9 Å². The van der Waals surface area contributed by atoms with Crippen molar-refractivity contribution in [1.29, 1.82) is 0 Å². The molecule has 2 aromatic heterocycles. The number of aryl methyl sites for hydroxylation is 2. The van der Waals surface area contributed by atoms with Crippen LogP contribution in [-0.2, 0) is 26.3 Å². The van der Waals surface area contributed by atoms with Crippen molar-refractivity contribution in [2.75, 3.05) is 5.32 Å². The monoisotopic (exact) mass is 273 g/mol. The molecule has 19 heavy (non-hydrogen) atoms. The predicted octanol–water partition coefficient (Wildman–Crippen LogP) is 2.27. The molecule has 5 nitrogen and oxygen atoms in total. The summed E-state index contributed by atoms with van der Waals surface area (Å²) in [6.07, 6.45) is -2.64. The highest BCUT2D eigenvalue weighted by atomic mass is 19.4. The first kappa shape index (κ1) is 13.4. The molecule has 0 aliphatic rings. The normalized spacial score (nSPS) is 11.8. The van der Waals surface area contributed by atoms with Crippen LogP contribution < -0.4 is 5.32 Å². The predicted molar refractivity (Wildman–Crippen MR) is 63.4 cm³/mol. The molecule has 0 bridgehead atoms. The summed E-state index contributed by atoms with van der Waals surface area (Å²) in [4.78, 5) is 0. The number of hydrogen-bond donors (Lipinski definition) is 1. The number of anilines is 1. The summed E-state index contributed by atoms with van der Waals surface area (Å²) in [6.45, 7) is 2.00. The summed E-state index contributed by atoms with van der Waals surface area (Å²) in [5, 5.41) is 10.9. The van der Waals surface area contributed by atoms with Crippen molar-refractivity contribution in [3.8, 4) is 0 Å². The van der Waals surface area contributed by atoms with Gasteiger partial charge in [0.05, 0.1) is 12.2 Å². The Labute approximate surface area is 108 Å². The maximum Gasteiger partial charge on any atom is 0.433 e. The Bertz CT molecular complexity index is 555. The fourth-order valence-electron chi connectivity index (χ4n) is 1.72. The molecule has 2 heterocycles. The summed E-state index contributed by atoms with van der Waals surface area (Å²) in [6, 6.07) is 2.79. The standard InChI is InChI=1S/C11H14F3N5/c1-3-19-9(11(12,13)14)6-8(16-19)7-15-10-4-5-18(2)17-10/h4-6H,3,7H2,1-2H3,(H,15,17). The first-order valence-electron chi connectivity index (χ1n) is 5.77. The van der Waals surface area contributed by atoms with Crippen LogP contribution >= 0.6 is 0 Å². The number of nitrogens with one attached hydrogen (secondary N) is 1. The third-order valence-electron chi connectivity index (χ3n) is 2.58. The Morgan fingerprint density at radius 2 is 2.05 bits per heavy atom. The zero-order chi connectivity index (χ0) is 14.0. The van der Waals surface area contributed by atoms with E-state index in [1.165, 1.54) is 0 Å². The first-order chi connectivity index (χ1) is 8.90. The fourth-order valence-corrected chi connectivity index (χ4v) is 1.72. The fraction of sp³-hybridized carbons (Fsp3) is 0.455. The van der Waals surface area contributed by atoms with E-state index in [4.69, 9.17) is 0 Å². The minimum atomic E-state index is -4.38. The lowest BCUT2D eigenvalue weighted by Gasteiger charge is -2.07. The van der Waals surface area contributed by atoms with Crippen LogP contribution in [0.5, 0.6) is 0 Å². The summed E-state index contributed by atoms with van der Waals surface area (Å²) in [5.74, 6) is 0.599. The van der Waals surface area contributed by atoms with Gasteiger partial charge in [0.2, 0.25) is 0 Å². The van der Waals surface area contributed by atoms with Gasteiger partial charge in [-0.05, 0) is 13.0 Å². The molecule has 0 aromatic carbocycles. The lowest BCUT2D eigenvalue weighted by Crippen LogP contribution is -2.13. The summed E-state index contributed by atoms with van der Waals surface area (Å²) in [5.41, 5.74) is -0.396. The molecule has 1 N–H and O–H groups in total. The zero-order valence-electron chi connectivity index (χ0n) is 10.6. The Kier molecular flexibility index (Phi) is 3.50. The molecule has 0 unspecified atom stereocenters. The van der Waals surface area contributed by atoms with Gasteiger partial charge >= 0.3 is 6.18 Å². The van der Waals surface area contributed by atoms with Gasteiger partial charge in [-0.15, -0.1) is 0 Å². The van der Waals surface area contributed by atoms with Crippen LogP contribution in [0.3, 0.4) is 0 Å². The quantitative estimate of drug-likeness (QED) is 0.929. The van der Waals surface area contributed by atoms with Crippen molar-refractivity contribution < 1.29 is 13.2 Å². The van der Waals surface area contributed by atoms with Crippen LogP contribution in [0.1, 0.15) is 18.3 Å². The highest BCUT2D eigenvalue weighted by molar-refractivity contribution is 5.33. The van der Waals surface area contributed by atoms with Gasteiger partial charge in [0.1, 0.15) is 11.5 Å². The molecular formula is C11H14F3N5. The van der Waals surface area contributed by atoms with Gasteiger partial charge in [-0.3, -0.25) is 9.36 Å². The third kappa shape index (κ3) is 3.07. The van der Waals surface area contributed by atoms with E-state index in [-0.39, 0.29) is 13.1 Å². The number of halogens is 3. The second-order valence-corrected chi connectivity index (χ2v) is 4.06. The lowest BCUT2D eigenvalue weighted by molar-refractivity contribution is -0.144. The van der Waals surface area contributed by atoms with E-state index in [1.807, 2.05) is 0 Å². The van der Waals surface area contributed by atoms with E-state index in [9.17, 15) is 13.2 Å². The summed E-state index contributed by atoms with van der Waals surface area (Å²) >= 11 is 0. The molecule has 0 fully saturated rings. The van der Waals surface area contributed by atoms with Crippen LogP contribution in [0, 0.1) is 0 Å². The van der Waals surface area contributed by atoms with E-state index in [0.29, 0.717) is 11.5 Å². The van der Waals surface area contributed by atoms with Crippen molar-refractivity contribution in [1.82, 2.24) is 19.6 Å². The molecule has 0 amide bonds. The molecule has 104 valence electrons. The maximum atomic E-state index is 12.7. The number of aromatic nitrogens is 4. The second kappa shape index (κ2) is 4.94. The number of alkyl halides is 3. The molecule has 2 rings (SSSR count). The van der Waals surface area contributed by atoms with E-state index in [0.717, 1.165) is 10.7 Å². The van der Waals surface area contributed by atoms with Gasteiger partial charge in [0.25, 0.3) is 0 Å². The first-order valence-corrected chi connectivity index (χ1v) is 5.77. The number of nitrogens with zero attached hydrogens (tertiary/aromatic N) is 4. The topological polar surface area (TPSA) is 47.7 Å². The maximum absolute atomic E-state index is 12.7. The largest absolute Gasteiger partial charge is 0.433 e. The lowest BCUT2D eigenvalue weighted by atomic mass is 10.3. The van der Waals surface area contributed by atoms with Crippen molar-refractivity contribution in [3.63, 3.8) is 0 Å². The zero-order valence-corrected chi connectivity index (χ0v) is 10.6. The minimum Gasteiger partial charge on any atom is -0.363 e. The molecule has 0 aliphatic heterocycles.